The lowest BCUT2D eigenvalue weighted by molar-refractivity contribution is -0.161. The van der Waals surface area contributed by atoms with Crippen LogP contribution in [0.1, 0.15) is 245 Å². The van der Waals surface area contributed by atoms with E-state index in [1.165, 1.54) is 161 Å². The van der Waals surface area contributed by atoms with Gasteiger partial charge >= 0.3 is 19.8 Å². The van der Waals surface area contributed by atoms with Gasteiger partial charge in [0.15, 0.2) is 6.10 Å². The fourth-order valence-corrected chi connectivity index (χ4v) is 7.30. The zero-order valence-electron chi connectivity index (χ0n) is 36.5. The quantitative estimate of drug-likeness (QED) is 0.0270. The van der Waals surface area contributed by atoms with Gasteiger partial charge in [-0.3, -0.25) is 14.1 Å². The minimum atomic E-state index is -4.76. The van der Waals surface area contributed by atoms with Crippen LogP contribution < -0.4 is 0 Å². The standard InChI is InChI=1S/C47H89O8P/c1-3-5-7-9-11-13-15-17-19-21-23-24-26-27-29-31-33-35-37-39-41-46(48)53-43-45(44-54-56(50,51)52)55-47(49)42-40-38-36-34-32-30-28-25-22-20-18-16-14-12-10-8-6-4-2/h14,16,20,22,45H,3-13,15,17-19,21,23-44H2,1-2H3,(H2,50,51,52)/b16-14-,22-20-. The fourth-order valence-electron chi connectivity index (χ4n) is 6.93. The first-order valence-corrected chi connectivity index (χ1v) is 25.2. The molecule has 0 aliphatic rings. The van der Waals surface area contributed by atoms with Gasteiger partial charge in [0, 0.05) is 12.8 Å². The van der Waals surface area contributed by atoms with Gasteiger partial charge < -0.3 is 19.3 Å². The van der Waals surface area contributed by atoms with Crippen molar-refractivity contribution < 1.29 is 37.9 Å². The molecular weight excluding hydrogens is 723 g/mol. The summed E-state index contributed by atoms with van der Waals surface area (Å²) < 4.78 is 26.5. The van der Waals surface area contributed by atoms with Crippen molar-refractivity contribution >= 4 is 19.8 Å². The minimum Gasteiger partial charge on any atom is -0.462 e. The molecule has 0 aliphatic heterocycles. The third-order valence-corrected chi connectivity index (χ3v) is 11.0. The Hall–Kier alpha value is -1.47. The number of carbonyl (C=O) groups is 2. The number of hydrogen-bond acceptors (Lipinski definition) is 6. The summed E-state index contributed by atoms with van der Waals surface area (Å²) in [5.41, 5.74) is 0. The van der Waals surface area contributed by atoms with E-state index in [2.05, 4.69) is 42.7 Å². The molecule has 56 heavy (non-hydrogen) atoms. The van der Waals surface area contributed by atoms with Crippen LogP contribution in [0.25, 0.3) is 0 Å². The lowest BCUT2D eigenvalue weighted by atomic mass is 10.0. The molecule has 1 unspecified atom stereocenters. The average Bonchev–Trinajstić information content (AvgIpc) is 3.17. The summed E-state index contributed by atoms with van der Waals surface area (Å²) in [6, 6.07) is 0. The van der Waals surface area contributed by atoms with Crippen LogP contribution in [0.3, 0.4) is 0 Å². The van der Waals surface area contributed by atoms with Crippen LogP contribution in [0.15, 0.2) is 24.3 Å². The predicted molar refractivity (Wildman–Crippen MR) is 235 cm³/mol. The normalized spacial score (nSPS) is 12.6. The molecule has 8 nitrogen and oxygen atoms in total. The number of unbranched alkanes of at least 4 members (excludes halogenated alkanes) is 30. The molecule has 0 saturated heterocycles. The average molecular weight is 813 g/mol. The molecular formula is C47H89O8P. The Bertz CT molecular complexity index is 962. The van der Waals surface area contributed by atoms with Gasteiger partial charge in [-0.05, 0) is 44.9 Å². The maximum Gasteiger partial charge on any atom is 0.469 e. The molecule has 0 radical (unpaired) electrons. The van der Waals surface area contributed by atoms with Crippen molar-refractivity contribution in [3.63, 3.8) is 0 Å². The summed E-state index contributed by atoms with van der Waals surface area (Å²) >= 11 is 0. The van der Waals surface area contributed by atoms with Gasteiger partial charge in [-0.15, -0.1) is 0 Å². The summed E-state index contributed by atoms with van der Waals surface area (Å²) in [7, 11) is -4.76. The van der Waals surface area contributed by atoms with Crippen LogP contribution in [0.2, 0.25) is 0 Å². The molecule has 1 atom stereocenters. The van der Waals surface area contributed by atoms with E-state index in [9.17, 15) is 14.2 Å². The number of carbonyl (C=O) groups excluding carboxylic acids is 2. The van der Waals surface area contributed by atoms with E-state index in [4.69, 9.17) is 19.3 Å². The van der Waals surface area contributed by atoms with Crippen molar-refractivity contribution in [1.29, 1.82) is 0 Å². The molecule has 0 aromatic heterocycles. The Morgan fingerprint density at radius 3 is 1.20 bits per heavy atom. The Kier molecular flexibility index (Phi) is 42.0. The van der Waals surface area contributed by atoms with Gasteiger partial charge in [-0.2, -0.15) is 0 Å². The highest BCUT2D eigenvalue weighted by Gasteiger charge is 2.23. The Balaban J connectivity index is 3.84. The SMILES string of the molecule is CCCCCC/C=C\C/C=C\CCCCCCCCCC(=O)OC(COC(=O)CCCCCCCCCCCCCCCCCCCCCC)COP(=O)(O)O. The van der Waals surface area contributed by atoms with Crippen molar-refractivity contribution in [3.05, 3.63) is 24.3 Å². The molecule has 330 valence electrons. The van der Waals surface area contributed by atoms with Crippen molar-refractivity contribution in [2.75, 3.05) is 13.2 Å². The highest BCUT2D eigenvalue weighted by atomic mass is 31.2. The molecule has 0 rings (SSSR count). The minimum absolute atomic E-state index is 0.206. The van der Waals surface area contributed by atoms with Crippen LogP contribution in [0.4, 0.5) is 0 Å². The van der Waals surface area contributed by atoms with Gasteiger partial charge in [0.1, 0.15) is 6.61 Å². The van der Waals surface area contributed by atoms with Gasteiger partial charge in [0.25, 0.3) is 0 Å². The summed E-state index contributed by atoms with van der Waals surface area (Å²) in [6.07, 6.45) is 50.4. The molecule has 0 fully saturated rings. The van der Waals surface area contributed by atoms with E-state index in [0.29, 0.717) is 6.42 Å². The number of esters is 2. The topological polar surface area (TPSA) is 119 Å². The van der Waals surface area contributed by atoms with E-state index >= 15 is 0 Å². The monoisotopic (exact) mass is 813 g/mol. The third-order valence-electron chi connectivity index (χ3n) is 10.5. The smallest absolute Gasteiger partial charge is 0.462 e. The lowest BCUT2D eigenvalue weighted by Gasteiger charge is -2.18. The van der Waals surface area contributed by atoms with E-state index in [1.54, 1.807) is 0 Å². The molecule has 0 aromatic carbocycles. The highest BCUT2D eigenvalue weighted by molar-refractivity contribution is 7.46. The van der Waals surface area contributed by atoms with Gasteiger partial charge in [0.2, 0.25) is 0 Å². The number of allylic oxidation sites excluding steroid dienone is 4. The Morgan fingerprint density at radius 1 is 0.464 bits per heavy atom. The Labute approximate surface area is 345 Å². The number of phosphoric ester groups is 1. The summed E-state index contributed by atoms with van der Waals surface area (Å²) in [5.74, 6) is -0.881. The molecule has 0 bridgehead atoms. The molecule has 0 aliphatic carbocycles. The summed E-state index contributed by atoms with van der Waals surface area (Å²) in [5, 5.41) is 0. The van der Waals surface area contributed by atoms with Crippen molar-refractivity contribution in [2.45, 2.75) is 251 Å². The first-order chi connectivity index (χ1) is 27.3. The fraction of sp³-hybridized carbons (Fsp3) is 0.872. The second-order valence-corrected chi connectivity index (χ2v) is 17.3. The zero-order valence-corrected chi connectivity index (χ0v) is 37.4. The van der Waals surface area contributed by atoms with E-state index in [-0.39, 0.29) is 19.4 Å². The first kappa shape index (κ1) is 54.5. The largest absolute Gasteiger partial charge is 0.469 e. The van der Waals surface area contributed by atoms with Crippen molar-refractivity contribution in [1.82, 2.24) is 0 Å². The molecule has 0 heterocycles. The van der Waals surface area contributed by atoms with Gasteiger partial charge in [-0.25, -0.2) is 4.57 Å². The lowest BCUT2D eigenvalue weighted by Crippen LogP contribution is -2.29. The molecule has 9 heteroatoms. The Morgan fingerprint density at radius 2 is 0.804 bits per heavy atom. The summed E-state index contributed by atoms with van der Waals surface area (Å²) in [4.78, 5) is 43.0. The van der Waals surface area contributed by atoms with Crippen molar-refractivity contribution in [2.24, 2.45) is 0 Å². The zero-order chi connectivity index (χ0) is 41.1. The third kappa shape index (κ3) is 45.2. The van der Waals surface area contributed by atoms with Gasteiger partial charge in [0.05, 0.1) is 6.61 Å². The number of ether oxygens (including phenoxy) is 2. The van der Waals surface area contributed by atoms with Crippen LogP contribution in [0, 0.1) is 0 Å². The summed E-state index contributed by atoms with van der Waals surface area (Å²) in [6.45, 7) is 3.70. The number of hydrogen-bond donors (Lipinski definition) is 2. The van der Waals surface area contributed by atoms with E-state index in [1.807, 2.05) is 0 Å². The van der Waals surface area contributed by atoms with Crippen LogP contribution >= 0.6 is 7.82 Å². The van der Waals surface area contributed by atoms with Crippen LogP contribution in [-0.2, 0) is 28.2 Å². The maximum atomic E-state index is 12.4. The first-order valence-electron chi connectivity index (χ1n) is 23.6. The number of rotatable bonds is 44. The van der Waals surface area contributed by atoms with E-state index in [0.717, 1.165) is 51.4 Å². The second kappa shape index (κ2) is 43.1. The van der Waals surface area contributed by atoms with Crippen LogP contribution in [0.5, 0.6) is 0 Å². The van der Waals surface area contributed by atoms with E-state index < -0.39 is 32.5 Å². The molecule has 0 saturated carbocycles. The predicted octanol–water partition coefficient (Wildman–Crippen LogP) is 14.7. The highest BCUT2D eigenvalue weighted by Crippen LogP contribution is 2.36. The van der Waals surface area contributed by atoms with Crippen LogP contribution in [-0.4, -0.2) is 41.0 Å². The molecule has 0 spiro atoms. The second-order valence-electron chi connectivity index (χ2n) is 16.1. The molecule has 0 aromatic rings. The maximum absolute atomic E-state index is 12.4. The molecule has 2 N–H and O–H groups in total. The van der Waals surface area contributed by atoms with Crippen molar-refractivity contribution in [3.8, 4) is 0 Å². The van der Waals surface area contributed by atoms with Gasteiger partial charge in [-0.1, -0.05) is 212 Å². The number of phosphoric acid groups is 1. The molecule has 0 amide bonds.